The first-order chi connectivity index (χ1) is 58.0. The monoisotopic (exact) mass is 1770 g/mol. The molecule has 0 radical (unpaired) electrons. The quantitative estimate of drug-likeness (QED) is 0.0957. The van der Waals surface area contributed by atoms with Crippen LogP contribution in [0.3, 0.4) is 0 Å². The highest BCUT2D eigenvalue weighted by Crippen LogP contribution is 2.46. The van der Waals surface area contributed by atoms with Gasteiger partial charge in [0.05, 0.1) is 21.1 Å². The summed E-state index contributed by atoms with van der Waals surface area (Å²) in [6.45, 7) is 8.19. The number of halogens is 2. The van der Waals surface area contributed by atoms with Gasteiger partial charge in [0.2, 0.25) is 0 Å². The lowest BCUT2D eigenvalue weighted by molar-refractivity contribution is -0.385. The average molecular weight is 1770 g/mol. The highest BCUT2D eigenvalue weighted by atomic mass is 79.9. The first-order valence-electron chi connectivity index (χ1n) is 38.7. The summed E-state index contributed by atoms with van der Waals surface area (Å²) in [6, 6.07) is 125. The van der Waals surface area contributed by atoms with E-state index in [-0.39, 0.29) is 27.5 Å². The van der Waals surface area contributed by atoms with E-state index in [0.717, 1.165) is 42.7 Å². The molecule has 0 spiro atoms. The van der Waals surface area contributed by atoms with Crippen LogP contribution in [0.1, 0.15) is 27.7 Å². The second kappa shape index (κ2) is 33.5. The zero-order valence-corrected chi connectivity index (χ0v) is 72.1. The number of nitrogens with zero attached hydrogens (tertiary/aromatic N) is 3. The minimum Gasteiger partial charge on any atom is -0.354 e. The zero-order chi connectivity index (χ0) is 81.5. The fraction of sp³-hybridized carbons (Fsp3) is 0.0588. The molecule has 1 N–H and O–H groups in total. The summed E-state index contributed by atoms with van der Waals surface area (Å²) in [7, 11) is -0.446. The molecule has 17 heteroatoms. The lowest BCUT2D eigenvalue weighted by Crippen LogP contribution is -2.41. The molecule has 1 saturated heterocycles. The Morgan fingerprint density at radius 2 is 0.706 bits per heavy atom. The van der Waals surface area contributed by atoms with Gasteiger partial charge in [0.15, 0.2) is 0 Å². The van der Waals surface area contributed by atoms with E-state index in [2.05, 4.69) is 310 Å². The Hall–Kier alpha value is -11.9. The standard InChI is InChI=1S/C22H13NO2S.C22H13NS.C18H19NO2S.C18H15P.C12H7BrS.C10H6BrNO2/c24-23(25)19-11-9-14-5-1-2-6-16(14)22(19)15-10-12-21-18(13-15)17-7-3-4-8-20(17)26-21;1-2-6-14-13(5-1)9-10-18-22(14)17-11-16-15-7-3-4-8-20(15)24-21(16)12-19(17)23-18;1-17(2)18(3,4)21-19(20-17)12-9-10-16-14(11-12)13-7-5-6-8-15(13)22-16;1-4-10-16(11-5-1)19(17-12-6-2-7-13-17)18-14-8-3-9-15-18;13-8-5-6-12-10(7-8)9-3-1-2-4-11(9)14-12;11-10-8-4-2-1-3-7(8)5-6-9(10)12(13)14/h1-13H;1-12,23H;5-11H,1-4H3;1-15H;1-7H;1-6H. The predicted molar refractivity (Wildman–Crippen MR) is 518 cm³/mol. The number of nitro groups is 2. The Labute approximate surface area is 719 Å². The number of rotatable bonds is 7. The smallest absolute Gasteiger partial charge is 0.284 e. The van der Waals surface area contributed by atoms with Crippen LogP contribution in [0.15, 0.2) is 373 Å². The fourth-order valence-electron chi connectivity index (χ4n) is 15.3. The molecular weight excluding hydrogens is 1700 g/mol. The fourth-order valence-corrected chi connectivity index (χ4v) is 23.0. The summed E-state index contributed by atoms with van der Waals surface area (Å²) in [5, 5.41) is 47.4. The van der Waals surface area contributed by atoms with Crippen LogP contribution >= 0.6 is 85.1 Å². The van der Waals surface area contributed by atoms with E-state index in [0.29, 0.717) is 10.0 Å². The molecule has 119 heavy (non-hydrogen) atoms. The van der Waals surface area contributed by atoms with Crippen molar-refractivity contribution in [3.63, 3.8) is 0 Å². The number of hydrogen-bond donors (Lipinski definition) is 1. The van der Waals surface area contributed by atoms with Crippen LogP contribution in [0.5, 0.6) is 0 Å². The molecule has 1 aliphatic heterocycles. The summed E-state index contributed by atoms with van der Waals surface area (Å²) in [6.07, 6.45) is 0. The normalized spacial score (nSPS) is 12.9. The van der Waals surface area contributed by atoms with E-state index >= 15 is 0 Å². The number of fused-ring (bicyclic) bond motifs is 19. The minimum atomic E-state index is -0.446. The Morgan fingerprint density at radius 3 is 1.22 bits per heavy atom. The lowest BCUT2D eigenvalue weighted by Gasteiger charge is -2.26. The number of benzene rings is 17. The third kappa shape index (κ3) is 15.8. The van der Waals surface area contributed by atoms with Crippen molar-refractivity contribution in [2.75, 3.05) is 5.23 Å². The van der Waals surface area contributed by atoms with Gasteiger partial charge in [-0.3, -0.25) is 20.2 Å². The van der Waals surface area contributed by atoms with Gasteiger partial charge in [0.1, 0.15) is 15.7 Å². The van der Waals surface area contributed by atoms with E-state index in [9.17, 15) is 20.2 Å². The van der Waals surface area contributed by atoms with Crippen LogP contribution in [0.2, 0.25) is 0 Å². The molecule has 17 aromatic carbocycles. The second-order valence-electron chi connectivity index (χ2n) is 29.8. The summed E-state index contributed by atoms with van der Waals surface area (Å²) in [5.41, 5.74) is 4.42. The van der Waals surface area contributed by atoms with Gasteiger partial charge in [-0.1, -0.05) is 265 Å². The number of nitro benzene ring substituents is 2. The van der Waals surface area contributed by atoms with Gasteiger partial charge in [-0.15, -0.1) is 50.6 Å². The summed E-state index contributed by atoms with van der Waals surface area (Å²) in [4.78, 5) is 37.2. The Kier molecular flexibility index (Phi) is 22.0. The number of H-pyrrole nitrogens is 1. The van der Waals surface area contributed by atoms with Gasteiger partial charge in [0.25, 0.3) is 11.4 Å². The number of thiophene rings is 4. The molecule has 22 aromatic rings. The van der Waals surface area contributed by atoms with Gasteiger partial charge in [-0.05, 0) is 203 Å². The third-order valence-corrected chi connectivity index (χ3v) is 30.2. The molecule has 0 amide bonds. The molecule has 0 unspecified atom stereocenters. The minimum absolute atomic E-state index is 0.101. The first kappa shape index (κ1) is 78.3. The van der Waals surface area contributed by atoms with Crippen molar-refractivity contribution in [2.24, 2.45) is 0 Å². The van der Waals surface area contributed by atoms with E-state index in [1.165, 1.54) is 130 Å². The van der Waals surface area contributed by atoms with Gasteiger partial charge in [0, 0.05) is 124 Å². The van der Waals surface area contributed by atoms with Crippen molar-refractivity contribution in [3.05, 3.63) is 393 Å². The largest absolute Gasteiger partial charge is 0.354 e. The molecule has 5 aromatic heterocycles. The zero-order valence-electron chi connectivity index (χ0n) is 64.8. The second-order valence-corrected chi connectivity index (χ2v) is 38.0. The number of nitrogens with one attached hydrogen (secondary N) is 1. The topological polar surface area (TPSA) is 124 Å². The Balaban J connectivity index is 0.0000000996. The van der Waals surface area contributed by atoms with E-state index in [1.54, 1.807) is 28.7 Å². The molecule has 6 heterocycles. The molecule has 10 nitrogen and oxygen atoms in total. The highest BCUT2D eigenvalue weighted by molar-refractivity contribution is 9.11. The lowest BCUT2D eigenvalue weighted by atomic mass is 9.90. The predicted octanol–water partition coefficient (Wildman–Crippen LogP) is 30.7. The van der Waals surface area contributed by atoms with Crippen molar-refractivity contribution < 1.29 is 19.5 Å². The molecule has 0 bridgehead atoms. The highest BCUT2D eigenvalue weighted by Gasteiger charge is 2.50. The maximum absolute atomic E-state index is 11.7. The molecule has 23 rings (SSSR count). The average Bonchev–Trinajstić information content (AvgIpc) is 1.58. The number of aromatic amines is 1. The SMILES string of the molecule is Brc1ccc2sc3ccccc3c2c1.CC1(C)ON(c2ccc3sc4ccccc4c3c2)OC1(C)C.O=[N+]([O-])c1ccc2ccccc2c1-c1ccc2sc3ccccc3c2c1.O=[N+]([O-])c1ccc2ccccc2c1Br.c1ccc(P(c2ccccc2)c2ccccc2)cc1.c1ccc2c(c1)ccc1[nH]c3cc4sc5ccccc5c4cc3c12. The van der Waals surface area contributed by atoms with Crippen molar-refractivity contribution in [1.82, 2.24) is 4.98 Å². The molecule has 0 saturated carbocycles. The van der Waals surface area contributed by atoms with Crippen molar-refractivity contribution >= 4 is 253 Å². The van der Waals surface area contributed by atoms with E-state index in [4.69, 9.17) is 9.68 Å². The Bertz CT molecular complexity index is 7490. The molecule has 1 fully saturated rings. The van der Waals surface area contributed by atoms with Crippen molar-refractivity contribution in [3.8, 4) is 11.1 Å². The Morgan fingerprint density at radius 1 is 0.328 bits per heavy atom. The first-order valence-corrected chi connectivity index (χ1v) is 44.9. The molecule has 0 atom stereocenters. The van der Waals surface area contributed by atoms with Crippen LogP contribution in [-0.4, -0.2) is 26.0 Å². The molecular formula is C102H73Br2N4O6PS4. The number of hydrogen-bond acceptors (Lipinski definition) is 11. The molecule has 580 valence electrons. The van der Waals surface area contributed by atoms with Crippen LogP contribution in [0.25, 0.3) is 146 Å². The van der Waals surface area contributed by atoms with E-state index < -0.39 is 12.8 Å². The van der Waals surface area contributed by atoms with Crippen molar-refractivity contribution in [2.45, 2.75) is 38.9 Å². The van der Waals surface area contributed by atoms with Gasteiger partial charge in [-0.25, -0.2) is 9.68 Å². The van der Waals surface area contributed by atoms with Crippen molar-refractivity contribution in [1.29, 1.82) is 0 Å². The van der Waals surface area contributed by atoms with Crippen LogP contribution in [-0.2, 0) is 9.68 Å². The molecule has 1 aliphatic rings. The molecule has 0 aliphatic carbocycles. The van der Waals surface area contributed by atoms with Crippen LogP contribution < -0.4 is 21.1 Å². The van der Waals surface area contributed by atoms with Crippen LogP contribution in [0, 0.1) is 20.2 Å². The van der Waals surface area contributed by atoms with E-state index in [1.807, 2.05) is 135 Å². The maximum atomic E-state index is 11.7. The summed E-state index contributed by atoms with van der Waals surface area (Å²) < 4.78 is 12.1. The van der Waals surface area contributed by atoms with Gasteiger partial charge >= 0.3 is 0 Å². The summed E-state index contributed by atoms with van der Waals surface area (Å²) in [5.74, 6) is 0. The van der Waals surface area contributed by atoms with Crippen LogP contribution in [0.4, 0.5) is 17.1 Å². The third-order valence-electron chi connectivity index (χ3n) is 21.8. The summed E-state index contributed by atoms with van der Waals surface area (Å²) >= 11 is 14.0. The van der Waals surface area contributed by atoms with Gasteiger partial charge < -0.3 is 4.98 Å². The number of anilines is 1. The maximum Gasteiger partial charge on any atom is 0.284 e. The number of aromatic nitrogens is 1. The van der Waals surface area contributed by atoms with Gasteiger partial charge in [-0.2, -0.15) is 0 Å².